The van der Waals surface area contributed by atoms with E-state index in [-0.39, 0.29) is 5.82 Å². The van der Waals surface area contributed by atoms with E-state index in [9.17, 15) is 4.39 Å². The predicted octanol–water partition coefficient (Wildman–Crippen LogP) is 4.93. The van der Waals surface area contributed by atoms with Gasteiger partial charge in [-0.1, -0.05) is 28.1 Å². The highest BCUT2D eigenvalue weighted by Crippen LogP contribution is 2.36. The first kappa shape index (κ1) is 13.4. The molecule has 94 valence electrons. The molecule has 0 aromatic heterocycles. The number of rotatable bonds is 3. The summed E-state index contributed by atoms with van der Waals surface area (Å²) >= 11 is 9.78. The lowest BCUT2D eigenvalue weighted by Gasteiger charge is -2.14. The summed E-state index contributed by atoms with van der Waals surface area (Å²) < 4.78 is 19.5. The Hall–Kier alpha value is -1.06. The monoisotopic (exact) mass is 328 g/mol. The van der Waals surface area contributed by atoms with Crippen molar-refractivity contribution in [1.82, 2.24) is 0 Å². The summed E-state index contributed by atoms with van der Waals surface area (Å²) in [5.41, 5.74) is 1.51. The van der Waals surface area contributed by atoms with Gasteiger partial charge in [-0.2, -0.15) is 0 Å². The van der Waals surface area contributed by atoms with Crippen molar-refractivity contribution in [2.24, 2.45) is 0 Å². The Bertz CT molecular complexity index is 559. The maximum absolute atomic E-state index is 13.3. The van der Waals surface area contributed by atoms with Gasteiger partial charge in [0.1, 0.15) is 11.6 Å². The van der Waals surface area contributed by atoms with Gasteiger partial charge < -0.3 is 4.74 Å². The lowest BCUT2D eigenvalue weighted by Crippen LogP contribution is -1.98. The predicted molar refractivity (Wildman–Crippen MR) is 74.8 cm³/mol. The van der Waals surface area contributed by atoms with Crippen LogP contribution in [0, 0.1) is 5.82 Å². The third-order valence-corrected chi connectivity index (χ3v) is 3.59. The summed E-state index contributed by atoms with van der Waals surface area (Å²) in [5, 5.41) is -0.451. The molecule has 0 bridgehead atoms. The molecule has 1 unspecified atom stereocenters. The summed E-state index contributed by atoms with van der Waals surface area (Å²) in [5.74, 6) is 0.253. The molecule has 0 radical (unpaired) electrons. The Labute approximate surface area is 119 Å². The van der Waals surface area contributed by atoms with Crippen LogP contribution in [0.15, 0.2) is 46.9 Å². The first-order valence-electron chi connectivity index (χ1n) is 5.35. The second-order valence-electron chi connectivity index (χ2n) is 3.80. The second-order valence-corrected chi connectivity index (χ2v) is 5.16. The van der Waals surface area contributed by atoms with E-state index < -0.39 is 5.38 Å². The van der Waals surface area contributed by atoms with Crippen molar-refractivity contribution < 1.29 is 9.13 Å². The summed E-state index contributed by atoms with van der Waals surface area (Å²) in [6.07, 6.45) is 0. The zero-order valence-electron chi connectivity index (χ0n) is 9.66. The molecule has 0 saturated heterocycles. The number of alkyl halides is 1. The van der Waals surface area contributed by atoms with Gasteiger partial charge in [-0.25, -0.2) is 4.39 Å². The average Bonchev–Trinajstić information content (AvgIpc) is 2.38. The van der Waals surface area contributed by atoms with E-state index >= 15 is 0 Å². The van der Waals surface area contributed by atoms with Crippen LogP contribution >= 0.6 is 27.5 Å². The molecule has 1 atom stereocenters. The van der Waals surface area contributed by atoms with Crippen LogP contribution in [0.2, 0.25) is 0 Å². The average molecular weight is 330 g/mol. The summed E-state index contributed by atoms with van der Waals surface area (Å²) in [7, 11) is 1.54. The van der Waals surface area contributed by atoms with Crippen LogP contribution in [-0.2, 0) is 0 Å². The van der Waals surface area contributed by atoms with Crippen LogP contribution in [-0.4, -0.2) is 7.11 Å². The topological polar surface area (TPSA) is 9.23 Å². The van der Waals surface area contributed by atoms with Crippen molar-refractivity contribution in [3.05, 3.63) is 63.9 Å². The van der Waals surface area contributed by atoms with E-state index in [0.29, 0.717) is 11.3 Å². The van der Waals surface area contributed by atoms with Crippen LogP contribution in [0.4, 0.5) is 4.39 Å². The van der Waals surface area contributed by atoms with E-state index in [0.717, 1.165) is 10.0 Å². The van der Waals surface area contributed by atoms with Crippen molar-refractivity contribution in [3.63, 3.8) is 0 Å². The molecular weight excluding hydrogens is 319 g/mol. The van der Waals surface area contributed by atoms with Crippen molar-refractivity contribution >= 4 is 27.5 Å². The number of hydrogen-bond acceptors (Lipinski definition) is 1. The fourth-order valence-electron chi connectivity index (χ4n) is 1.75. The third kappa shape index (κ3) is 2.85. The lowest BCUT2D eigenvalue weighted by molar-refractivity contribution is 0.409. The second kappa shape index (κ2) is 5.72. The molecule has 0 N–H and O–H groups in total. The molecule has 4 heteroatoms. The molecule has 1 nitrogen and oxygen atoms in total. The largest absolute Gasteiger partial charge is 0.496 e. The van der Waals surface area contributed by atoms with Crippen LogP contribution < -0.4 is 4.74 Å². The fraction of sp³-hybridized carbons (Fsp3) is 0.143. The van der Waals surface area contributed by atoms with Crippen LogP contribution in [0.25, 0.3) is 0 Å². The van der Waals surface area contributed by atoms with Gasteiger partial charge >= 0.3 is 0 Å². The van der Waals surface area contributed by atoms with E-state index in [2.05, 4.69) is 15.9 Å². The van der Waals surface area contributed by atoms with Gasteiger partial charge in [0.05, 0.1) is 12.5 Å². The zero-order valence-corrected chi connectivity index (χ0v) is 12.0. The first-order chi connectivity index (χ1) is 8.61. The highest BCUT2D eigenvalue weighted by Gasteiger charge is 2.16. The van der Waals surface area contributed by atoms with Crippen molar-refractivity contribution in [1.29, 1.82) is 0 Å². The number of benzene rings is 2. The molecule has 2 aromatic rings. The third-order valence-electron chi connectivity index (χ3n) is 2.61. The molecule has 0 spiro atoms. The molecule has 0 fully saturated rings. The van der Waals surface area contributed by atoms with Crippen molar-refractivity contribution in [3.8, 4) is 5.75 Å². The molecule has 0 heterocycles. The molecule has 2 rings (SSSR count). The van der Waals surface area contributed by atoms with E-state index in [1.54, 1.807) is 13.2 Å². The minimum absolute atomic E-state index is 0.327. The Morgan fingerprint density at radius 3 is 2.67 bits per heavy atom. The maximum atomic E-state index is 13.3. The molecule has 2 aromatic carbocycles. The number of hydrogen-bond donors (Lipinski definition) is 0. The maximum Gasteiger partial charge on any atom is 0.124 e. The smallest absolute Gasteiger partial charge is 0.124 e. The fourth-order valence-corrected chi connectivity index (χ4v) is 2.47. The molecular formula is C14H11BrClFO. The van der Waals surface area contributed by atoms with E-state index in [1.165, 1.54) is 12.1 Å². The summed E-state index contributed by atoms with van der Waals surface area (Å²) in [4.78, 5) is 0. The van der Waals surface area contributed by atoms with Gasteiger partial charge in [0.25, 0.3) is 0 Å². The van der Waals surface area contributed by atoms with Crippen LogP contribution in [0.5, 0.6) is 5.75 Å². The summed E-state index contributed by atoms with van der Waals surface area (Å²) in [6.45, 7) is 0. The van der Waals surface area contributed by atoms with Crippen LogP contribution in [0.3, 0.4) is 0 Å². The molecule has 0 amide bonds. The normalized spacial score (nSPS) is 12.2. The van der Waals surface area contributed by atoms with Crippen LogP contribution in [0.1, 0.15) is 16.5 Å². The van der Waals surface area contributed by atoms with Crippen molar-refractivity contribution in [2.75, 3.05) is 7.11 Å². The molecule has 0 aliphatic heterocycles. The van der Waals surface area contributed by atoms with Gasteiger partial charge in [-0.05, 0) is 35.9 Å². The number of methoxy groups -OCH3 is 1. The van der Waals surface area contributed by atoms with Gasteiger partial charge in [0.2, 0.25) is 0 Å². The number of halogens is 3. The molecule has 0 saturated carbocycles. The van der Waals surface area contributed by atoms with Gasteiger partial charge in [0, 0.05) is 10.0 Å². The zero-order chi connectivity index (χ0) is 13.1. The standard InChI is InChI=1S/C14H11BrClFO/c1-18-13-6-5-11(17)8-12(13)14(16)9-3-2-4-10(15)7-9/h2-8,14H,1H3. The van der Waals surface area contributed by atoms with Crippen molar-refractivity contribution in [2.45, 2.75) is 5.38 Å². The van der Waals surface area contributed by atoms with E-state index in [1.807, 2.05) is 24.3 Å². The molecule has 0 aliphatic rings. The van der Waals surface area contributed by atoms with Gasteiger partial charge in [0.15, 0.2) is 0 Å². The SMILES string of the molecule is COc1ccc(F)cc1C(Cl)c1cccc(Br)c1. The minimum atomic E-state index is -0.451. The minimum Gasteiger partial charge on any atom is -0.496 e. The first-order valence-corrected chi connectivity index (χ1v) is 6.57. The quantitative estimate of drug-likeness (QED) is 0.726. The Balaban J connectivity index is 2.44. The Kier molecular flexibility index (Phi) is 4.25. The Morgan fingerprint density at radius 1 is 1.22 bits per heavy atom. The molecule has 0 aliphatic carbocycles. The highest BCUT2D eigenvalue weighted by atomic mass is 79.9. The van der Waals surface area contributed by atoms with Gasteiger partial charge in [-0.3, -0.25) is 0 Å². The summed E-state index contributed by atoms with van der Waals surface area (Å²) in [6, 6.07) is 11.9. The highest BCUT2D eigenvalue weighted by molar-refractivity contribution is 9.10. The van der Waals surface area contributed by atoms with Gasteiger partial charge in [-0.15, -0.1) is 11.6 Å². The lowest BCUT2D eigenvalue weighted by atomic mass is 10.0. The molecule has 18 heavy (non-hydrogen) atoms. The van der Waals surface area contributed by atoms with E-state index in [4.69, 9.17) is 16.3 Å². The Morgan fingerprint density at radius 2 is 2.00 bits per heavy atom. The number of ether oxygens (including phenoxy) is 1.